The van der Waals surface area contributed by atoms with Crippen LogP contribution in [0.15, 0.2) is 29.6 Å². The first-order valence-electron chi connectivity index (χ1n) is 7.21. The maximum atomic E-state index is 5.59. The molecule has 1 atom stereocenters. The number of nitrogens with two attached hydrogens (primary N) is 1. The Morgan fingerprint density at radius 3 is 2.95 bits per heavy atom. The Hall–Kier alpha value is -1.43. The van der Waals surface area contributed by atoms with Gasteiger partial charge in [0, 0.05) is 29.8 Å². The van der Waals surface area contributed by atoms with Crippen LogP contribution in [0, 0.1) is 6.92 Å². The molecular weight excluding hydrogens is 282 g/mol. The summed E-state index contributed by atoms with van der Waals surface area (Å²) in [6, 6.07) is 8.64. The molecule has 1 heterocycles. The molecule has 1 aromatic heterocycles. The van der Waals surface area contributed by atoms with Gasteiger partial charge >= 0.3 is 0 Å². The molecule has 0 spiro atoms. The molecule has 2 rings (SSSR count). The van der Waals surface area contributed by atoms with Crippen LogP contribution >= 0.6 is 11.3 Å². The van der Waals surface area contributed by atoms with Crippen molar-refractivity contribution in [1.82, 2.24) is 4.98 Å². The lowest BCUT2D eigenvalue weighted by Crippen LogP contribution is -2.25. The van der Waals surface area contributed by atoms with Crippen LogP contribution in [0.3, 0.4) is 0 Å². The molecule has 4 nitrogen and oxygen atoms in total. The largest absolute Gasteiger partial charge is 0.383 e. The van der Waals surface area contributed by atoms with Gasteiger partial charge in [0.05, 0.1) is 17.3 Å². The molecule has 2 aromatic rings. The van der Waals surface area contributed by atoms with Crippen LogP contribution < -0.4 is 11.1 Å². The second-order valence-electron chi connectivity index (χ2n) is 5.06. The summed E-state index contributed by atoms with van der Waals surface area (Å²) in [6.45, 7) is 3.41. The van der Waals surface area contributed by atoms with Gasteiger partial charge < -0.3 is 15.8 Å². The van der Waals surface area contributed by atoms with Gasteiger partial charge in [0.25, 0.3) is 0 Å². The fourth-order valence-corrected chi connectivity index (χ4v) is 2.88. The quantitative estimate of drug-likeness (QED) is 0.785. The van der Waals surface area contributed by atoms with Gasteiger partial charge in [0.2, 0.25) is 0 Å². The first kappa shape index (κ1) is 15.9. The second-order valence-corrected chi connectivity index (χ2v) is 6.12. The van der Waals surface area contributed by atoms with Gasteiger partial charge in [-0.05, 0) is 38.4 Å². The molecule has 0 fully saturated rings. The lowest BCUT2D eigenvalue weighted by molar-refractivity contribution is 0.182. The number of nitrogens with one attached hydrogen (secondary N) is 1. The smallest absolute Gasteiger partial charge is 0.0901 e. The number of hydrogen-bond acceptors (Lipinski definition) is 5. The molecule has 0 aliphatic carbocycles. The normalized spacial score (nSPS) is 12.3. The van der Waals surface area contributed by atoms with E-state index in [1.807, 2.05) is 6.92 Å². The van der Waals surface area contributed by atoms with Gasteiger partial charge in [-0.15, -0.1) is 11.3 Å². The van der Waals surface area contributed by atoms with Crippen molar-refractivity contribution in [2.75, 3.05) is 25.6 Å². The Labute approximate surface area is 130 Å². The third-order valence-corrected chi connectivity index (χ3v) is 4.05. The predicted molar refractivity (Wildman–Crippen MR) is 89.9 cm³/mol. The topological polar surface area (TPSA) is 60.2 Å². The third-order valence-electron chi connectivity index (χ3n) is 3.27. The highest BCUT2D eigenvalue weighted by atomic mass is 32.1. The monoisotopic (exact) mass is 305 g/mol. The van der Waals surface area contributed by atoms with Crippen molar-refractivity contribution >= 4 is 17.0 Å². The van der Waals surface area contributed by atoms with E-state index in [4.69, 9.17) is 10.5 Å². The number of thiazole rings is 1. The lowest BCUT2D eigenvalue weighted by atomic mass is 10.1. The summed E-state index contributed by atoms with van der Waals surface area (Å²) >= 11 is 1.67. The van der Waals surface area contributed by atoms with Gasteiger partial charge in [-0.3, -0.25) is 0 Å². The molecule has 0 aliphatic heterocycles. The summed E-state index contributed by atoms with van der Waals surface area (Å²) < 4.78 is 5.28. The maximum Gasteiger partial charge on any atom is 0.0901 e. The average Bonchev–Trinajstić information content (AvgIpc) is 2.92. The molecular formula is C16H23N3OS. The third kappa shape index (κ3) is 4.81. The van der Waals surface area contributed by atoms with Crippen molar-refractivity contribution in [2.24, 2.45) is 5.73 Å². The van der Waals surface area contributed by atoms with E-state index in [1.54, 1.807) is 18.4 Å². The van der Waals surface area contributed by atoms with Crippen LogP contribution in [-0.2, 0) is 4.74 Å². The summed E-state index contributed by atoms with van der Waals surface area (Å²) in [4.78, 5) is 4.54. The Morgan fingerprint density at radius 1 is 1.43 bits per heavy atom. The fraction of sp³-hybridized carbons (Fsp3) is 0.438. The number of methoxy groups -OCH3 is 1. The number of anilines is 1. The van der Waals surface area contributed by atoms with Crippen molar-refractivity contribution in [3.8, 4) is 11.3 Å². The zero-order valence-electron chi connectivity index (χ0n) is 12.6. The van der Waals surface area contributed by atoms with Gasteiger partial charge in [0.15, 0.2) is 0 Å². The minimum Gasteiger partial charge on any atom is -0.383 e. The fourth-order valence-electron chi connectivity index (χ4n) is 2.26. The summed E-state index contributed by atoms with van der Waals surface area (Å²) in [6.07, 6.45) is 2.00. The van der Waals surface area contributed by atoms with E-state index >= 15 is 0 Å². The minimum absolute atomic E-state index is 0.283. The molecule has 0 amide bonds. The number of ether oxygens (including phenoxy) is 1. The summed E-state index contributed by atoms with van der Waals surface area (Å²) in [5, 5.41) is 6.71. The number of hydrogen-bond donors (Lipinski definition) is 2. The van der Waals surface area contributed by atoms with Crippen molar-refractivity contribution in [3.63, 3.8) is 0 Å². The maximum absolute atomic E-state index is 5.59. The molecule has 0 aliphatic rings. The van der Waals surface area contributed by atoms with Crippen LogP contribution in [-0.4, -0.2) is 31.3 Å². The molecule has 5 heteroatoms. The van der Waals surface area contributed by atoms with Crippen LogP contribution in [0.4, 0.5) is 5.69 Å². The van der Waals surface area contributed by atoms with Crippen LogP contribution in [0.5, 0.6) is 0 Å². The molecule has 0 bridgehead atoms. The Balaban J connectivity index is 2.08. The molecule has 0 radical (unpaired) electrons. The predicted octanol–water partition coefficient (Wildman–Crippen LogP) is 3.28. The highest BCUT2D eigenvalue weighted by molar-refractivity contribution is 7.09. The van der Waals surface area contributed by atoms with Crippen LogP contribution in [0.25, 0.3) is 11.3 Å². The number of aryl methyl sites for hydroxylation is 1. The highest BCUT2D eigenvalue weighted by Gasteiger charge is 2.09. The lowest BCUT2D eigenvalue weighted by Gasteiger charge is -2.19. The molecule has 0 saturated carbocycles. The Kier molecular flexibility index (Phi) is 6.17. The van der Waals surface area contributed by atoms with E-state index in [0.717, 1.165) is 34.8 Å². The first-order chi connectivity index (χ1) is 10.2. The second kappa shape index (κ2) is 8.12. The van der Waals surface area contributed by atoms with Crippen LogP contribution in [0.1, 0.15) is 17.8 Å². The zero-order chi connectivity index (χ0) is 15.1. The number of rotatable bonds is 8. The molecule has 21 heavy (non-hydrogen) atoms. The standard InChI is InChI=1S/C16H23N3OS/c1-12-18-16(11-21-12)13-5-3-6-14(9-13)19-15(10-20-2)7-4-8-17/h3,5-6,9,11,15,19H,4,7-8,10,17H2,1-2H3. The van der Waals surface area contributed by atoms with E-state index in [-0.39, 0.29) is 6.04 Å². The molecule has 1 aromatic carbocycles. The van der Waals surface area contributed by atoms with Crippen molar-refractivity contribution in [2.45, 2.75) is 25.8 Å². The van der Waals surface area contributed by atoms with E-state index in [1.165, 1.54) is 0 Å². The first-order valence-corrected chi connectivity index (χ1v) is 8.09. The van der Waals surface area contributed by atoms with E-state index < -0.39 is 0 Å². The summed E-state index contributed by atoms with van der Waals surface area (Å²) in [5.41, 5.74) is 8.86. The summed E-state index contributed by atoms with van der Waals surface area (Å²) in [5.74, 6) is 0. The van der Waals surface area contributed by atoms with Gasteiger partial charge in [-0.1, -0.05) is 12.1 Å². The summed E-state index contributed by atoms with van der Waals surface area (Å²) in [7, 11) is 1.73. The number of nitrogens with zero attached hydrogens (tertiary/aromatic N) is 1. The zero-order valence-corrected chi connectivity index (χ0v) is 13.5. The van der Waals surface area contributed by atoms with Crippen LogP contribution in [0.2, 0.25) is 0 Å². The highest BCUT2D eigenvalue weighted by Crippen LogP contribution is 2.24. The Morgan fingerprint density at radius 2 is 2.29 bits per heavy atom. The molecule has 114 valence electrons. The van der Waals surface area contributed by atoms with E-state index in [0.29, 0.717) is 13.2 Å². The van der Waals surface area contributed by atoms with E-state index in [9.17, 15) is 0 Å². The van der Waals surface area contributed by atoms with Gasteiger partial charge in [0.1, 0.15) is 0 Å². The van der Waals surface area contributed by atoms with Gasteiger partial charge in [-0.25, -0.2) is 4.98 Å². The van der Waals surface area contributed by atoms with E-state index in [2.05, 4.69) is 39.9 Å². The number of aromatic nitrogens is 1. The van der Waals surface area contributed by atoms with Crippen molar-refractivity contribution in [3.05, 3.63) is 34.7 Å². The van der Waals surface area contributed by atoms with Crippen molar-refractivity contribution < 1.29 is 4.74 Å². The molecule has 3 N–H and O–H groups in total. The number of benzene rings is 1. The SMILES string of the molecule is COCC(CCCN)Nc1cccc(-c2csc(C)n2)c1. The molecule has 1 unspecified atom stereocenters. The van der Waals surface area contributed by atoms with Gasteiger partial charge in [-0.2, -0.15) is 0 Å². The minimum atomic E-state index is 0.283. The molecule has 0 saturated heterocycles. The Bertz CT molecular complexity index is 556. The average molecular weight is 305 g/mol. The van der Waals surface area contributed by atoms with Crippen molar-refractivity contribution in [1.29, 1.82) is 0 Å².